The summed E-state index contributed by atoms with van der Waals surface area (Å²) in [4.78, 5) is 0.515. The Bertz CT molecular complexity index is 330. The van der Waals surface area contributed by atoms with Crippen molar-refractivity contribution in [2.75, 3.05) is 6.61 Å². The maximum absolute atomic E-state index is 13.1. The molecule has 1 aromatic carbocycles. The van der Waals surface area contributed by atoms with Gasteiger partial charge in [-0.05, 0) is 31.4 Å². The summed E-state index contributed by atoms with van der Waals surface area (Å²) < 4.78 is 18.3. The van der Waals surface area contributed by atoms with Gasteiger partial charge in [0.05, 0.1) is 11.6 Å². The van der Waals surface area contributed by atoms with Crippen LogP contribution < -0.4 is 10.5 Å². The molecular weight excluding hydrogens is 213 g/mol. The average molecular weight is 227 g/mol. The largest absolute Gasteiger partial charge is 0.491 e. The number of rotatable bonds is 6. The number of ether oxygens (including phenoxy) is 1. The van der Waals surface area contributed by atoms with E-state index in [-0.39, 0.29) is 5.82 Å². The van der Waals surface area contributed by atoms with Crippen molar-refractivity contribution in [3.05, 3.63) is 30.1 Å². The van der Waals surface area contributed by atoms with Gasteiger partial charge in [-0.1, -0.05) is 24.4 Å². The Kier molecular flexibility index (Phi) is 5.04. The van der Waals surface area contributed by atoms with E-state index in [0.717, 1.165) is 19.3 Å². The number of halogens is 1. The molecule has 0 spiro atoms. The molecule has 1 rings (SSSR count). The van der Waals surface area contributed by atoms with E-state index in [0.29, 0.717) is 17.3 Å². The minimum Gasteiger partial charge on any atom is -0.491 e. The maximum Gasteiger partial charge on any atom is 0.165 e. The van der Waals surface area contributed by atoms with Gasteiger partial charge in [-0.15, -0.1) is 0 Å². The Hall–Kier alpha value is -1.16. The second-order valence-corrected chi connectivity index (χ2v) is 3.73. The summed E-state index contributed by atoms with van der Waals surface area (Å²) in [6.45, 7) is 0.490. The molecule has 0 saturated carbocycles. The van der Waals surface area contributed by atoms with Gasteiger partial charge in [-0.3, -0.25) is 0 Å². The van der Waals surface area contributed by atoms with E-state index in [2.05, 4.69) is 0 Å². The van der Waals surface area contributed by atoms with Crippen molar-refractivity contribution in [2.45, 2.75) is 19.3 Å². The first-order valence-corrected chi connectivity index (χ1v) is 5.26. The molecule has 0 saturated heterocycles. The van der Waals surface area contributed by atoms with E-state index < -0.39 is 0 Å². The highest BCUT2D eigenvalue weighted by Gasteiger charge is 2.00. The number of hydrogen-bond acceptors (Lipinski definition) is 2. The lowest BCUT2D eigenvalue weighted by Gasteiger charge is -2.06. The summed E-state index contributed by atoms with van der Waals surface area (Å²) in [6.07, 6.45) is 2.42. The zero-order chi connectivity index (χ0) is 11.1. The molecule has 2 nitrogen and oxygen atoms in total. The first kappa shape index (κ1) is 11.9. The van der Waals surface area contributed by atoms with Crippen LogP contribution in [0.2, 0.25) is 0 Å². The lowest BCUT2D eigenvalue weighted by molar-refractivity contribution is 0.293. The molecule has 1 aromatic rings. The van der Waals surface area contributed by atoms with E-state index >= 15 is 0 Å². The second kappa shape index (κ2) is 6.35. The van der Waals surface area contributed by atoms with Crippen LogP contribution in [0.25, 0.3) is 0 Å². The van der Waals surface area contributed by atoms with Crippen molar-refractivity contribution in [2.24, 2.45) is 5.73 Å². The number of hydrogen-bond donors (Lipinski definition) is 1. The van der Waals surface area contributed by atoms with Gasteiger partial charge in [0, 0.05) is 0 Å². The fourth-order valence-electron chi connectivity index (χ4n) is 1.15. The molecule has 15 heavy (non-hydrogen) atoms. The molecule has 0 aliphatic rings. The third-order valence-electron chi connectivity index (χ3n) is 1.91. The summed E-state index contributed by atoms with van der Waals surface area (Å²) in [5.74, 6) is -0.0281. The highest BCUT2D eigenvalue weighted by atomic mass is 32.1. The Morgan fingerprint density at radius 1 is 1.33 bits per heavy atom. The number of nitrogens with two attached hydrogens (primary N) is 1. The zero-order valence-corrected chi connectivity index (χ0v) is 9.23. The number of para-hydroxylation sites is 1. The van der Waals surface area contributed by atoms with Gasteiger partial charge in [0.1, 0.15) is 0 Å². The monoisotopic (exact) mass is 227 g/mol. The molecule has 0 bridgehead atoms. The van der Waals surface area contributed by atoms with Crippen LogP contribution >= 0.6 is 12.2 Å². The predicted molar refractivity (Wildman–Crippen MR) is 62.5 cm³/mol. The fraction of sp³-hybridized carbons (Fsp3) is 0.364. The molecule has 0 aromatic heterocycles. The lowest BCUT2D eigenvalue weighted by atomic mass is 10.2. The van der Waals surface area contributed by atoms with Crippen molar-refractivity contribution in [3.63, 3.8) is 0 Å². The van der Waals surface area contributed by atoms with Crippen molar-refractivity contribution in [3.8, 4) is 5.75 Å². The van der Waals surface area contributed by atoms with Crippen LogP contribution in [0, 0.1) is 5.82 Å². The van der Waals surface area contributed by atoms with Crippen molar-refractivity contribution >= 4 is 17.2 Å². The van der Waals surface area contributed by atoms with Crippen LogP contribution in [0.4, 0.5) is 4.39 Å². The van der Waals surface area contributed by atoms with Crippen LogP contribution in [0.1, 0.15) is 19.3 Å². The maximum atomic E-state index is 13.1. The van der Waals surface area contributed by atoms with Gasteiger partial charge < -0.3 is 10.5 Å². The summed E-state index contributed by atoms with van der Waals surface area (Å²) in [6, 6.07) is 6.37. The van der Waals surface area contributed by atoms with Crippen LogP contribution in [0.5, 0.6) is 5.75 Å². The van der Waals surface area contributed by atoms with Crippen LogP contribution in [0.15, 0.2) is 24.3 Å². The quantitative estimate of drug-likeness (QED) is 0.599. The fourth-order valence-corrected chi connectivity index (χ4v) is 1.29. The first-order chi connectivity index (χ1) is 7.20. The highest BCUT2D eigenvalue weighted by Crippen LogP contribution is 2.15. The summed E-state index contributed by atoms with van der Waals surface area (Å²) in [7, 11) is 0. The third kappa shape index (κ3) is 4.74. The van der Waals surface area contributed by atoms with E-state index in [1.54, 1.807) is 18.2 Å². The normalized spacial score (nSPS) is 9.93. The van der Waals surface area contributed by atoms with E-state index in [1.165, 1.54) is 6.07 Å². The van der Waals surface area contributed by atoms with Crippen molar-refractivity contribution in [1.82, 2.24) is 0 Å². The Labute approximate surface area is 94.2 Å². The third-order valence-corrected chi connectivity index (χ3v) is 2.12. The predicted octanol–water partition coefficient (Wildman–Crippen LogP) is 2.66. The molecule has 0 amide bonds. The molecule has 4 heteroatoms. The van der Waals surface area contributed by atoms with Crippen molar-refractivity contribution < 1.29 is 9.13 Å². The smallest absolute Gasteiger partial charge is 0.165 e. The molecule has 0 fully saturated rings. The average Bonchev–Trinajstić information content (AvgIpc) is 2.20. The zero-order valence-electron chi connectivity index (χ0n) is 8.41. The number of benzene rings is 1. The first-order valence-electron chi connectivity index (χ1n) is 4.86. The minimum atomic E-state index is -0.327. The van der Waals surface area contributed by atoms with E-state index in [9.17, 15) is 4.39 Å². The highest BCUT2D eigenvalue weighted by molar-refractivity contribution is 7.80. The Morgan fingerprint density at radius 3 is 2.73 bits per heavy atom. The van der Waals surface area contributed by atoms with Crippen LogP contribution in [-0.4, -0.2) is 11.6 Å². The summed E-state index contributed by atoms with van der Waals surface area (Å²) >= 11 is 4.74. The lowest BCUT2D eigenvalue weighted by Crippen LogP contribution is -2.08. The number of unbranched alkanes of at least 4 members (excludes halogenated alkanes) is 1. The minimum absolute atomic E-state index is 0.299. The summed E-state index contributed by atoms with van der Waals surface area (Å²) in [5, 5.41) is 0. The van der Waals surface area contributed by atoms with Crippen LogP contribution in [0.3, 0.4) is 0 Å². The molecule has 82 valence electrons. The Morgan fingerprint density at radius 2 is 2.07 bits per heavy atom. The van der Waals surface area contributed by atoms with Crippen molar-refractivity contribution in [1.29, 1.82) is 0 Å². The second-order valence-electron chi connectivity index (χ2n) is 3.20. The molecule has 0 aliphatic heterocycles. The van der Waals surface area contributed by atoms with Gasteiger partial charge in [0.25, 0.3) is 0 Å². The van der Waals surface area contributed by atoms with Gasteiger partial charge >= 0.3 is 0 Å². The molecular formula is C11H14FNOS. The SMILES string of the molecule is NC(=S)CCCCOc1ccccc1F. The molecule has 0 heterocycles. The topological polar surface area (TPSA) is 35.2 Å². The summed E-state index contributed by atoms with van der Waals surface area (Å²) in [5.41, 5.74) is 5.34. The van der Waals surface area contributed by atoms with Gasteiger partial charge in [0.2, 0.25) is 0 Å². The van der Waals surface area contributed by atoms with Gasteiger partial charge in [-0.25, -0.2) is 4.39 Å². The van der Waals surface area contributed by atoms with E-state index in [1.807, 2.05) is 0 Å². The molecule has 0 radical (unpaired) electrons. The molecule has 0 atom stereocenters. The number of thiocarbonyl (C=S) groups is 1. The van der Waals surface area contributed by atoms with Crippen LogP contribution in [-0.2, 0) is 0 Å². The molecule has 0 unspecified atom stereocenters. The van der Waals surface area contributed by atoms with Gasteiger partial charge in [0.15, 0.2) is 11.6 Å². The molecule has 0 aliphatic carbocycles. The Balaban J connectivity index is 2.21. The molecule has 2 N–H and O–H groups in total. The van der Waals surface area contributed by atoms with E-state index in [4.69, 9.17) is 22.7 Å². The van der Waals surface area contributed by atoms with Gasteiger partial charge in [-0.2, -0.15) is 0 Å². The standard InChI is InChI=1S/C11H14FNOS/c12-9-5-1-2-6-10(9)14-8-4-3-7-11(13)15/h1-2,5-6H,3-4,7-8H2,(H2,13,15).